The molecule has 6 heteroatoms. The molecular weight excluding hydrogens is 344 g/mol. The van der Waals surface area contributed by atoms with E-state index >= 15 is 0 Å². The highest BCUT2D eigenvalue weighted by Crippen LogP contribution is 2.35. The number of carbonyl (C=O) groups is 3. The minimum atomic E-state index is -0.574. The number of ether oxygens (including phenoxy) is 1. The molecule has 2 amide bonds. The number of esters is 1. The molecule has 2 aromatic carbocycles. The number of fused-ring (bicyclic) bond motifs is 2. The van der Waals surface area contributed by atoms with E-state index in [4.69, 9.17) is 4.74 Å². The molecule has 138 valence electrons. The molecule has 1 N–H and O–H groups in total. The monoisotopic (exact) mass is 364 g/mol. The number of anilines is 2. The Kier molecular flexibility index (Phi) is 4.39. The zero-order chi connectivity index (χ0) is 19.0. The van der Waals surface area contributed by atoms with Gasteiger partial charge in [0, 0.05) is 17.4 Å². The predicted molar refractivity (Wildman–Crippen MR) is 100 cm³/mol. The van der Waals surface area contributed by atoms with Crippen molar-refractivity contribution >= 4 is 29.2 Å². The van der Waals surface area contributed by atoms with Crippen molar-refractivity contribution in [2.24, 2.45) is 0 Å². The molecule has 6 nitrogen and oxygen atoms in total. The fourth-order valence-electron chi connectivity index (χ4n) is 3.86. The van der Waals surface area contributed by atoms with E-state index in [9.17, 15) is 14.4 Å². The molecule has 0 aliphatic carbocycles. The summed E-state index contributed by atoms with van der Waals surface area (Å²) in [5.74, 6) is -1.60. The number of amides is 2. The molecule has 4 rings (SSSR count). The van der Waals surface area contributed by atoms with Gasteiger partial charge in [0.2, 0.25) is 5.91 Å². The van der Waals surface area contributed by atoms with Crippen LogP contribution in [0.5, 0.6) is 0 Å². The van der Waals surface area contributed by atoms with Crippen LogP contribution in [0.25, 0.3) is 0 Å². The van der Waals surface area contributed by atoms with Gasteiger partial charge in [0.25, 0.3) is 5.91 Å². The van der Waals surface area contributed by atoms with E-state index in [1.54, 1.807) is 11.0 Å². The first-order valence-electron chi connectivity index (χ1n) is 9.00. The molecule has 2 atom stereocenters. The quantitative estimate of drug-likeness (QED) is 0.847. The summed E-state index contributed by atoms with van der Waals surface area (Å²) in [4.78, 5) is 38.6. The number of nitrogens with one attached hydrogen (secondary N) is 1. The fourth-order valence-corrected chi connectivity index (χ4v) is 3.86. The summed E-state index contributed by atoms with van der Waals surface area (Å²) < 4.78 is 5.19. The lowest BCUT2D eigenvalue weighted by Gasteiger charge is -2.22. The number of rotatable bonds is 4. The van der Waals surface area contributed by atoms with Crippen molar-refractivity contribution in [3.8, 4) is 0 Å². The average Bonchev–Trinajstić information content (AvgIpc) is 3.16. The minimum absolute atomic E-state index is 0.0288. The van der Waals surface area contributed by atoms with Crippen LogP contribution in [0.15, 0.2) is 48.5 Å². The minimum Gasteiger partial charge on any atom is -0.456 e. The summed E-state index contributed by atoms with van der Waals surface area (Å²) in [6.07, 6.45) is 0.706. The van der Waals surface area contributed by atoms with Crippen molar-refractivity contribution < 1.29 is 19.1 Å². The van der Waals surface area contributed by atoms with E-state index < -0.39 is 11.9 Å². The second-order valence-corrected chi connectivity index (χ2v) is 6.94. The SMILES string of the molecule is C[C@@H]1Cc2ccccc2N1C(=O)COC(=O)C[C@@H]1C(=O)Nc2ccccc21. The van der Waals surface area contributed by atoms with Crippen LogP contribution in [-0.4, -0.2) is 30.4 Å². The van der Waals surface area contributed by atoms with Gasteiger partial charge in [0.05, 0.1) is 12.3 Å². The summed E-state index contributed by atoms with van der Waals surface area (Å²) in [6, 6.07) is 15.0. The molecule has 0 spiro atoms. The molecule has 0 saturated heterocycles. The molecule has 0 saturated carbocycles. The first-order valence-corrected chi connectivity index (χ1v) is 9.00. The largest absolute Gasteiger partial charge is 0.456 e. The Bertz CT molecular complexity index is 924. The van der Waals surface area contributed by atoms with Crippen molar-refractivity contribution in [1.82, 2.24) is 0 Å². The second kappa shape index (κ2) is 6.87. The molecule has 2 aromatic rings. The molecule has 2 aliphatic heterocycles. The second-order valence-electron chi connectivity index (χ2n) is 6.94. The van der Waals surface area contributed by atoms with Crippen LogP contribution in [0.4, 0.5) is 11.4 Å². The molecule has 0 unspecified atom stereocenters. The van der Waals surface area contributed by atoms with Crippen LogP contribution in [-0.2, 0) is 25.5 Å². The Morgan fingerprint density at radius 2 is 1.89 bits per heavy atom. The third-order valence-corrected chi connectivity index (χ3v) is 5.11. The first-order chi connectivity index (χ1) is 13.0. The predicted octanol–water partition coefficient (Wildman–Crippen LogP) is 2.63. The summed E-state index contributed by atoms with van der Waals surface area (Å²) in [7, 11) is 0. The number of para-hydroxylation sites is 2. The third-order valence-electron chi connectivity index (χ3n) is 5.11. The molecule has 0 radical (unpaired) electrons. The molecule has 0 fully saturated rings. The van der Waals surface area contributed by atoms with Crippen molar-refractivity contribution in [2.75, 3.05) is 16.8 Å². The van der Waals surface area contributed by atoms with E-state index in [0.717, 1.165) is 28.9 Å². The maximum atomic E-state index is 12.6. The van der Waals surface area contributed by atoms with Gasteiger partial charge in [-0.2, -0.15) is 0 Å². The van der Waals surface area contributed by atoms with Gasteiger partial charge in [-0.05, 0) is 36.6 Å². The molecule has 2 heterocycles. The lowest BCUT2D eigenvalue weighted by Crippen LogP contribution is -2.38. The van der Waals surface area contributed by atoms with Crippen LogP contribution in [0, 0.1) is 0 Å². The van der Waals surface area contributed by atoms with E-state index in [0.29, 0.717) is 0 Å². The Hall–Kier alpha value is -3.15. The van der Waals surface area contributed by atoms with Gasteiger partial charge in [0.15, 0.2) is 6.61 Å². The highest BCUT2D eigenvalue weighted by Gasteiger charge is 2.34. The zero-order valence-corrected chi connectivity index (χ0v) is 15.0. The van der Waals surface area contributed by atoms with Gasteiger partial charge >= 0.3 is 5.97 Å². The topological polar surface area (TPSA) is 75.7 Å². The van der Waals surface area contributed by atoms with Crippen molar-refractivity contribution in [3.63, 3.8) is 0 Å². The Morgan fingerprint density at radius 3 is 2.74 bits per heavy atom. The van der Waals surface area contributed by atoms with Crippen molar-refractivity contribution in [2.45, 2.75) is 31.7 Å². The lowest BCUT2D eigenvalue weighted by molar-refractivity contribution is -0.148. The Balaban J connectivity index is 1.37. The van der Waals surface area contributed by atoms with Crippen LogP contribution >= 0.6 is 0 Å². The van der Waals surface area contributed by atoms with Gasteiger partial charge < -0.3 is 15.0 Å². The summed E-state index contributed by atoms with van der Waals surface area (Å²) in [6.45, 7) is 1.65. The van der Waals surface area contributed by atoms with Crippen molar-refractivity contribution in [3.05, 3.63) is 59.7 Å². The average molecular weight is 364 g/mol. The van der Waals surface area contributed by atoms with Crippen LogP contribution < -0.4 is 10.2 Å². The summed E-state index contributed by atoms with van der Waals surface area (Å²) in [5, 5.41) is 2.76. The van der Waals surface area contributed by atoms with Gasteiger partial charge in [-0.25, -0.2) is 0 Å². The Labute approximate surface area is 157 Å². The standard InChI is InChI=1S/C21H20N2O4/c1-13-10-14-6-2-5-9-18(14)23(13)19(24)12-27-20(25)11-16-15-7-3-4-8-17(15)22-21(16)26/h2-9,13,16H,10-12H2,1H3,(H,22,26)/t13-,16+/m1/s1. The number of carbonyl (C=O) groups excluding carboxylic acids is 3. The number of nitrogens with zero attached hydrogens (tertiary/aromatic N) is 1. The maximum absolute atomic E-state index is 12.6. The van der Waals surface area contributed by atoms with Gasteiger partial charge in [-0.15, -0.1) is 0 Å². The van der Waals surface area contributed by atoms with E-state index in [1.165, 1.54) is 0 Å². The van der Waals surface area contributed by atoms with Gasteiger partial charge in [0.1, 0.15) is 0 Å². The lowest BCUT2D eigenvalue weighted by atomic mass is 9.97. The van der Waals surface area contributed by atoms with Crippen molar-refractivity contribution in [1.29, 1.82) is 0 Å². The zero-order valence-electron chi connectivity index (χ0n) is 15.0. The maximum Gasteiger partial charge on any atom is 0.307 e. The first kappa shape index (κ1) is 17.3. The molecular formula is C21H20N2O4. The summed E-state index contributed by atoms with van der Waals surface area (Å²) >= 11 is 0. The molecule has 27 heavy (non-hydrogen) atoms. The van der Waals surface area contributed by atoms with E-state index in [2.05, 4.69) is 5.32 Å². The van der Waals surface area contributed by atoms with Gasteiger partial charge in [-0.3, -0.25) is 14.4 Å². The number of hydrogen-bond acceptors (Lipinski definition) is 4. The molecule has 0 bridgehead atoms. The molecule has 0 aromatic heterocycles. The smallest absolute Gasteiger partial charge is 0.307 e. The van der Waals surface area contributed by atoms with Crippen LogP contribution in [0.3, 0.4) is 0 Å². The Morgan fingerprint density at radius 1 is 1.15 bits per heavy atom. The van der Waals surface area contributed by atoms with E-state index in [-0.39, 0.29) is 30.9 Å². The third kappa shape index (κ3) is 3.18. The molecule has 2 aliphatic rings. The summed E-state index contributed by atoms with van der Waals surface area (Å²) in [5.41, 5.74) is 3.49. The van der Waals surface area contributed by atoms with Gasteiger partial charge in [-0.1, -0.05) is 36.4 Å². The fraction of sp³-hybridized carbons (Fsp3) is 0.286. The number of hydrogen-bond donors (Lipinski definition) is 1. The van der Waals surface area contributed by atoms with Crippen LogP contribution in [0.1, 0.15) is 30.4 Å². The highest BCUT2D eigenvalue weighted by molar-refractivity contribution is 6.04. The van der Waals surface area contributed by atoms with Crippen LogP contribution in [0.2, 0.25) is 0 Å². The highest BCUT2D eigenvalue weighted by atomic mass is 16.5. The van der Waals surface area contributed by atoms with E-state index in [1.807, 2.05) is 49.4 Å². The normalized spacial score (nSPS) is 20.0. The number of benzene rings is 2.